The number of carbonyl (C=O) groups is 3. The largest absolute Gasteiger partial charge is 0.452 e. The number of hydrogen-bond donors (Lipinski definition) is 1. The summed E-state index contributed by atoms with van der Waals surface area (Å²) < 4.78 is 59.5. The first-order chi connectivity index (χ1) is 33.6. The molecule has 69 heavy (non-hydrogen) atoms. The van der Waals surface area contributed by atoms with Crippen LogP contribution < -0.4 is 20.2 Å². The first-order valence-electron chi connectivity index (χ1n) is 22.7. The molecule has 0 aliphatic heterocycles. The van der Waals surface area contributed by atoms with Crippen LogP contribution >= 0.6 is 8.53 Å². The Morgan fingerprint density at radius 2 is 1.13 bits per heavy atom. The van der Waals surface area contributed by atoms with Gasteiger partial charge in [-0.2, -0.15) is 5.26 Å². The van der Waals surface area contributed by atoms with Crippen molar-refractivity contribution in [2.24, 2.45) is 0 Å². The molecule has 18 heteroatoms. The molecule has 1 amide bonds. The highest BCUT2D eigenvalue weighted by Crippen LogP contribution is 2.46. The summed E-state index contributed by atoms with van der Waals surface area (Å²) in [6.07, 6.45) is 0.312. The molecule has 5 rings (SSSR count). The molecule has 4 aromatic carbocycles. The molecular formula is C51H60N3O14P. The maximum Gasteiger partial charge on any atom is 0.343 e. The minimum atomic E-state index is -1.29. The number of nitriles is 1. The second-order valence-electron chi connectivity index (χ2n) is 15.5. The highest BCUT2D eigenvalue weighted by Gasteiger charge is 2.27. The summed E-state index contributed by atoms with van der Waals surface area (Å²) in [7, 11) is -1.29. The van der Waals surface area contributed by atoms with Crippen LogP contribution in [0.3, 0.4) is 0 Å². The summed E-state index contributed by atoms with van der Waals surface area (Å²) in [4.78, 5) is 52.6. The van der Waals surface area contributed by atoms with E-state index in [9.17, 15) is 19.2 Å². The quantitative estimate of drug-likeness (QED) is 0.0193. The predicted molar refractivity (Wildman–Crippen MR) is 258 cm³/mol. The van der Waals surface area contributed by atoms with E-state index >= 15 is 0 Å². The van der Waals surface area contributed by atoms with Crippen molar-refractivity contribution in [3.63, 3.8) is 0 Å². The summed E-state index contributed by atoms with van der Waals surface area (Å²) in [6.45, 7) is 13.2. The smallest absolute Gasteiger partial charge is 0.343 e. The number of fused-ring (bicyclic) bond motifs is 1. The van der Waals surface area contributed by atoms with Gasteiger partial charge in [0.25, 0.3) is 14.4 Å². The van der Waals surface area contributed by atoms with Crippen molar-refractivity contribution in [2.45, 2.75) is 46.2 Å². The number of carbonyl (C=O) groups excluding carboxylic acids is 3. The Hall–Kier alpha value is -5.90. The van der Waals surface area contributed by atoms with E-state index in [-0.39, 0.29) is 70.5 Å². The Labute approximate surface area is 403 Å². The molecule has 0 aliphatic carbocycles. The van der Waals surface area contributed by atoms with Crippen LogP contribution in [0.15, 0.2) is 112 Å². The van der Waals surface area contributed by atoms with Crippen LogP contribution in [0.2, 0.25) is 0 Å². The van der Waals surface area contributed by atoms with Crippen LogP contribution in [-0.2, 0) is 32.7 Å². The van der Waals surface area contributed by atoms with Gasteiger partial charge in [0.15, 0.2) is 16.8 Å². The third kappa shape index (κ3) is 17.8. The highest BCUT2D eigenvalue weighted by molar-refractivity contribution is 7.44. The molecule has 0 bridgehead atoms. The van der Waals surface area contributed by atoms with Crippen LogP contribution in [0.4, 0.5) is 0 Å². The summed E-state index contributed by atoms with van der Waals surface area (Å²) in [5.41, 5.74) is 0.775. The Morgan fingerprint density at radius 3 is 1.67 bits per heavy atom. The number of ether oxygens (including phenoxy) is 7. The van der Waals surface area contributed by atoms with Gasteiger partial charge in [-0.25, -0.2) is 14.3 Å². The molecule has 1 unspecified atom stereocenters. The van der Waals surface area contributed by atoms with Crippen LogP contribution in [0.25, 0.3) is 22.3 Å². The highest BCUT2D eigenvalue weighted by atomic mass is 31.2. The lowest BCUT2D eigenvalue weighted by molar-refractivity contribution is -0.0127. The minimum Gasteiger partial charge on any atom is -0.452 e. The van der Waals surface area contributed by atoms with Crippen molar-refractivity contribution < 1.29 is 61.0 Å². The SMILES string of the molecule is CC(C)N(C(C)C)P(OCCC#N)OCCOCCOCCOCCOCCOCCNC(=O)c1ccc(-c2cc(=O)c3ccc(OC(=O)c4ccccc4)c(OC(=O)c4ccccc4)c3o2)cc1. The van der Waals surface area contributed by atoms with E-state index < -0.39 is 25.9 Å². The van der Waals surface area contributed by atoms with E-state index in [4.69, 9.17) is 51.9 Å². The average Bonchev–Trinajstić information content (AvgIpc) is 3.35. The average molecular weight is 970 g/mol. The van der Waals surface area contributed by atoms with Gasteiger partial charge in [-0.15, -0.1) is 0 Å². The number of nitrogens with one attached hydrogen (secondary N) is 1. The van der Waals surface area contributed by atoms with Crippen molar-refractivity contribution in [3.8, 4) is 28.9 Å². The number of benzene rings is 4. The number of nitrogens with zero attached hydrogens (tertiary/aromatic N) is 2. The van der Waals surface area contributed by atoms with E-state index in [1.165, 1.54) is 18.2 Å². The number of hydrogen-bond acceptors (Lipinski definition) is 16. The van der Waals surface area contributed by atoms with Gasteiger partial charge in [0.05, 0.1) is 108 Å². The molecule has 0 saturated carbocycles. The van der Waals surface area contributed by atoms with Crippen molar-refractivity contribution >= 4 is 37.3 Å². The van der Waals surface area contributed by atoms with Gasteiger partial charge < -0.3 is 51.9 Å². The van der Waals surface area contributed by atoms with Crippen molar-refractivity contribution in [1.29, 1.82) is 5.26 Å². The lowest BCUT2D eigenvalue weighted by Gasteiger charge is -2.35. The van der Waals surface area contributed by atoms with E-state index in [0.29, 0.717) is 90.2 Å². The molecule has 0 saturated heterocycles. The standard InChI is InChI=1S/C51H60N3O14P/c1-37(2)54(38(3)4)69(64-24-11-22-52)65-35-34-63-33-32-62-31-30-61-29-28-60-27-26-59-25-23-53-49(56)40-18-16-39(17-19-40)46-36-44(55)43-20-21-45(67-50(57)41-12-7-5-8-13-41)48(47(43)66-46)68-51(58)42-14-9-6-10-15-42/h5-10,12-21,36-38H,11,23-35H2,1-4H3,(H,53,56). The van der Waals surface area contributed by atoms with Gasteiger partial charge >= 0.3 is 11.9 Å². The Balaban J connectivity index is 0.968. The van der Waals surface area contributed by atoms with Crippen LogP contribution in [0.1, 0.15) is 65.2 Å². The molecule has 0 spiro atoms. The van der Waals surface area contributed by atoms with Gasteiger partial charge in [-0.1, -0.05) is 48.5 Å². The van der Waals surface area contributed by atoms with E-state index in [0.717, 1.165) is 0 Å². The molecule has 1 heterocycles. The maximum atomic E-state index is 13.4. The van der Waals surface area contributed by atoms with Crippen LogP contribution in [0.5, 0.6) is 11.5 Å². The zero-order chi connectivity index (χ0) is 49.2. The minimum absolute atomic E-state index is 0.0926. The fraction of sp³-hybridized carbons (Fsp3) is 0.392. The summed E-state index contributed by atoms with van der Waals surface area (Å²) in [5.74, 6) is -2.04. The van der Waals surface area contributed by atoms with Gasteiger partial charge in [-0.3, -0.25) is 9.59 Å². The number of amides is 1. The molecule has 0 radical (unpaired) electrons. The zero-order valence-corrected chi connectivity index (χ0v) is 40.3. The zero-order valence-electron chi connectivity index (χ0n) is 39.4. The third-order valence-corrected chi connectivity index (χ3v) is 11.9. The number of esters is 2. The molecule has 5 aromatic rings. The van der Waals surface area contributed by atoms with Gasteiger partial charge in [-0.05, 0) is 76.2 Å². The second kappa shape index (κ2) is 29.9. The van der Waals surface area contributed by atoms with Gasteiger partial charge in [0.1, 0.15) is 5.76 Å². The lowest BCUT2D eigenvalue weighted by Crippen LogP contribution is -2.34. The number of rotatable bonds is 31. The molecule has 1 atom stereocenters. The molecule has 0 fully saturated rings. The molecule has 0 aliphatic rings. The summed E-state index contributed by atoms with van der Waals surface area (Å²) in [6, 6.07) is 29.6. The Morgan fingerprint density at radius 1 is 0.623 bits per heavy atom. The molecular weight excluding hydrogens is 910 g/mol. The second-order valence-corrected chi connectivity index (χ2v) is 17.0. The summed E-state index contributed by atoms with van der Waals surface area (Å²) >= 11 is 0. The van der Waals surface area contributed by atoms with Crippen LogP contribution in [-0.4, -0.2) is 120 Å². The molecule has 368 valence electrons. The van der Waals surface area contributed by atoms with E-state index in [2.05, 4.69) is 43.8 Å². The van der Waals surface area contributed by atoms with Crippen molar-refractivity contribution in [2.75, 3.05) is 85.8 Å². The molecule has 17 nitrogen and oxygen atoms in total. The van der Waals surface area contributed by atoms with Gasteiger partial charge in [0.2, 0.25) is 5.75 Å². The first-order valence-corrected chi connectivity index (χ1v) is 23.8. The van der Waals surface area contributed by atoms with Crippen molar-refractivity contribution in [1.82, 2.24) is 9.99 Å². The fourth-order valence-corrected chi connectivity index (χ4v) is 8.12. The lowest BCUT2D eigenvalue weighted by atomic mass is 10.1. The Kier molecular flexibility index (Phi) is 23.4. The normalized spacial score (nSPS) is 11.8. The fourth-order valence-electron chi connectivity index (χ4n) is 6.55. The summed E-state index contributed by atoms with van der Waals surface area (Å²) in [5, 5.41) is 11.8. The first kappa shape index (κ1) is 54.0. The van der Waals surface area contributed by atoms with E-state index in [1.807, 2.05) is 0 Å². The molecule has 1 aromatic heterocycles. The predicted octanol–water partition coefficient (Wildman–Crippen LogP) is 8.00. The van der Waals surface area contributed by atoms with Crippen molar-refractivity contribution in [3.05, 3.63) is 130 Å². The van der Waals surface area contributed by atoms with Gasteiger partial charge in [0, 0.05) is 35.8 Å². The topological polar surface area (TPSA) is 204 Å². The Bertz CT molecular complexity index is 2440. The molecule has 1 N–H and O–H groups in total. The van der Waals surface area contributed by atoms with Crippen LogP contribution in [0, 0.1) is 11.3 Å². The maximum absolute atomic E-state index is 13.4. The third-order valence-electron chi connectivity index (χ3n) is 9.78. The monoisotopic (exact) mass is 969 g/mol. The van der Waals surface area contributed by atoms with E-state index in [1.54, 1.807) is 84.9 Å².